The molecular weight excluding hydrogens is 340 g/mol. The number of hydrogen-bond donors (Lipinski definition) is 0. The molecule has 7 nitrogen and oxygen atoms in total. The van der Waals surface area contributed by atoms with Crippen LogP contribution < -0.4 is 0 Å². The summed E-state index contributed by atoms with van der Waals surface area (Å²) in [5, 5.41) is 4.30. The largest absolute Gasteiger partial charge is 0.335 e. The van der Waals surface area contributed by atoms with E-state index in [1.165, 1.54) is 11.1 Å². The second-order valence-electron chi connectivity index (χ2n) is 7.67. The van der Waals surface area contributed by atoms with Crippen LogP contribution in [0.25, 0.3) is 5.78 Å². The van der Waals surface area contributed by atoms with Crippen LogP contribution >= 0.6 is 0 Å². The van der Waals surface area contributed by atoms with Gasteiger partial charge in [-0.15, -0.1) is 5.10 Å². The highest BCUT2D eigenvalue weighted by Gasteiger charge is 2.48. The highest BCUT2D eigenvalue weighted by molar-refractivity contribution is 5.91. The molecule has 1 aromatic carbocycles. The SMILES string of the molecule is Cc1ccccc1[C@H]1[C@@H]2CN(C(=O)c3nc4ncccn4n3)C[C@@H]2CN1C. The molecule has 0 spiro atoms. The minimum atomic E-state index is -0.0962. The molecule has 0 radical (unpaired) electrons. The van der Waals surface area contributed by atoms with Gasteiger partial charge in [0.05, 0.1) is 0 Å². The fourth-order valence-corrected chi connectivity index (χ4v) is 4.78. The fourth-order valence-electron chi connectivity index (χ4n) is 4.78. The van der Waals surface area contributed by atoms with E-state index in [4.69, 9.17) is 0 Å². The van der Waals surface area contributed by atoms with Crippen molar-refractivity contribution in [2.45, 2.75) is 13.0 Å². The molecule has 0 aliphatic carbocycles. The summed E-state index contributed by atoms with van der Waals surface area (Å²) in [6.45, 7) is 4.69. The van der Waals surface area contributed by atoms with Gasteiger partial charge in [-0.3, -0.25) is 9.69 Å². The van der Waals surface area contributed by atoms with E-state index in [1.54, 1.807) is 23.0 Å². The number of fused-ring (bicyclic) bond motifs is 2. The van der Waals surface area contributed by atoms with E-state index in [0.29, 0.717) is 23.7 Å². The quantitative estimate of drug-likeness (QED) is 0.696. The molecule has 5 rings (SSSR count). The zero-order valence-corrected chi connectivity index (χ0v) is 15.5. The van der Waals surface area contributed by atoms with Crippen LogP contribution in [0.3, 0.4) is 0 Å². The number of likely N-dealkylation sites (tertiary alicyclic amines) is 2. The summed E-state index contributed by atoms with van der Waals surface area (Å²) in [5.41, 5.74) is 2.68. The van der Waals surface area contributed by atoms with Crippen molar-refractivity contribution in [1.29, 1.82) is 0 Å². The minimum absolute atomic E-state index is 0.0962. The third-order valence-corrected chi connectivity index (χ3v) is 6.00. The maximum absolute atomic E-state index is 13.0. The van der Waals surface area contributed by atoms with E-state index in [0.717, 1.165) is 19.6 Å². The van der Waals surface area contributed by atoms with E-state index in [9.17, 15) is 4.79 Å². The van der Waals surface area contributed by atoms with Gasteiger partial charge in [-0.2, -0.15) is 4.98 Å². The average Bonchev–Trinajstić information content (AvgIpc) is 3.34. The molecule has 4 heterocycles. The van der Waals surface area contributed by atoms with Gasteiger partial charge in [-0.1, -0.05) is 24.3 Å². The van der Waals surface area contributed by atoms with E-state index < -0.39 is 0 Å². The Labute approximate surface area is 157 Å². The molecule has 2 fully saturated rings. The van der Waals surface area contributed by atoms with Gasteiger partial charge in [0.1, 0.15) is 0 Å². The van der Waals surface area contributed by atoms with Crippen molar-refractivity contribution >= 4 is 11.7 Å². The third kappa shape index (κ3) is 2.61. The first kappa shape index (κ1) is 16.4. The van der Waals surface area contributed by atoms with Gasteiger partial charge in [0, 0.05) is 44.0 Å². The normalized spacial score (nSPS) is 25.3. The Morgan fingerprint density at radius 3 is 2.81 bits per heavy atom. The van der Waals surface area contributed by atoms with E-state index in [2.05, 4.69) is 58.2 Å². The lowest BCUT2D eigenvalue weighted by Gasteiger charge is -2.27. The molecule has 7 heteroatoms. The molecule has 0 N–H and O–H groups in total. The summed E-state index contributed by atoms with van der Waals surface area (Å²) >= 11 is 0. The number of carbonyl (C=O) groups excluding carboxylic acids is 1. The summed E-state index contributed by atoms with van der Waals surface area (Å²) in [5.74, 6) is 1.52. The van der Waals surface area contributed by atoms with Crippen LogP contribution in [0.2, 0.25) is 0 Å². The first-order chi connectivity index (χ1) is 13.1. The summed E-state index contributed by atoms with van der Waals surface area (Å²) in [7, 11) is 2.19. The maximum atomic E-state index is 13.0. The molecule has 27 heavy (non-hydrogen) atoms. The fraction of sp³-hybridized carbons (Fsp3) is 0.400. The molecule has 2 saturated heterocycles. The molecule has 2 aliphatic heterocycles. The van der Waals surface area contributed by atoms with Crippen LogP contribution in [0, 0.1) is 18.8 Å². The first-order valence-electron chi connectivity index (χ1n) is 9.34. The number of benzene rings is 1. The van der Waals surface area contributed by atoms with Crippen molar-refractivity contribution in [1.82, 2.24) is 29.4 Å². The van der Waals surface area contributed by atoms with Crippen molar-refractivity contribution in [3.05, 3.63) is 59.7 Å². The number of hydrogen-bond acceptors (Lipinski definition) is 5. The third-order valence-electron chi connectivity index (χ3n) is 6.00. The van der Waals surface area contributed by atoms with Crippen molar-refractivity contribution < 1.29 is 4.79 Å². The Morgan fingerprint density at radius 2 is 2.00 bits per heavy atom. The van der Waals surface area contributed by atoms with Crippen LogP contribution in [-0.2, 0) is 0 Å². The second-order valence-corrected chi connectivity index (χ2v) is 7.67. The lowest BCUT2D eigenvalue weighted by Crippen LogP contribution is -2.34. The standard InChI is InChI=1S/C20H22N6O/c1-13-6-3-4-7-15(13)17-16-12-25(11-14(16)10-24(17)2)19(27)18-22-20-21-8-5-9-26(20)23-18/h3-9,14,16-17H,10-12H2,1-2H3/t14-,16+,17-/m0/s1. The molecule has 3 aromatic rings. The predicted octanol–water partition coefficient (Wildman–Crippen LogP) is 1.81. The highest BCUT2D eigenvalue weighted by Crippen LogP contribution is 2.44. The van der Waals surface area contributed by atoms with Gasteiger partial charge in [0.25, 0.3) is 11.7 Å². The van der Waals surface area contributed by atoms with Gasteiger partial charge in [-0.25, -0.2) is 9.50 Å². The van der Waals surface area contributed by atoms with Gasteiger partial charge in [-0.05, 0) is 37.1 Å². The van der Waals surface area contributed by atoms with Crippen LogP contribution in [0.15, 0.2) is 42.7 Å². The summed E-state index contributed by atoms with van der Waals surface area (Å²) < 4.78 is 1.55. The molecule has 3 atom stereocenters. The average molecular weight is 362 g/mol. The molecule has 138 valence electrons. The van der Waals surface area contributed by atoms with Crippen molar-refractivity contribution in [2.24, 2.45) is 11.8 Å². The Morgan fingerprint density at radius 1 is 1.15 bits per heavy atom. The van der Waals surface area contributed by atoms with Crippen LogP contribution in [0.5, 0.6) is 0 Å². The van der Waals surface area contributed by atoms with E-state index in [-0.39, 0.29) is 11.7 Å². The number of aromatic nitrogens is 4. The monoisotopic (exact) mass is 362 g/mol. The lowest BCUT2D eigenvalue weighted by molar-refractivity contribution is 0.0756. The molecule has 2 aliphatic rings. The number of nitrogens with zero attached hydrogens (tertiary/aromatic N) is 6. The van der Waals surface area contributed by atoms with Gasteiger partial charge in [0.15, 0.2) is 0 Å². The highest BCUT2D eigenvalue weighted by atomic mass is 16.2. The molecule has 0 saturated carbocycles. The summed E-state index contributed by atoms with van der Waals surface area (Å²) in [6.07, 6.45) is 3.41. The Hall–Kier alpha value is -2.80. The van der Waals surface area contributed by atoms with Gasteiger partial charge >= 0.3 is 0 Å². The van der Waals surface area contributed by atoms with Crippen LogP contribution in [-0.4, -0.2) is 62.0 Å². The molecule has 1 amide bonds. The summed E-state index contributed by atoms with van der Waals surface area (Å²) in [4.78, 5) is 25.8. The molecule has 0 unspecified atom stereocenters. The Bertz CT molecular complexity index is 981. The van der Waals surface area contributed by atoms with Crippen LogP contribution in [0.1, 0.15) is 27.8 Å². The van der Waals surface area contributed by atoms with Crippen molar-refractivity contribution in [3.63, 3.8) is 0 Å². The topological polar surface area (TPSA) is 66.6 Å². The molecule has 0 bridgehead atoms. The Balaban J connectivity index is 1.40. The van der Waals surface area contributed by atoms with E-state index in [1.807, 2.05) is 4.90 Å². The lowest BCUT2D eigenvalue weighted by atomic mass is 9.88. The first-order valence-corrected chi connectivity index (χ1v) is 9.34. The second kappa shape index (κ2) is 6.13. The molecule has 2 aromatic heterocycles. The van der Waals surface area contributed by atoms with Gasteiger partial charge < -0.3 is 4.90 Å². The smallest absolute Gasteiger partial charge is 0.293 e. The summed E-state index contributed by atoms with van der Waals surface area (Å²) in [6, 6.07) is 10.7. The zero-order valence-electron chi connectivity index (χ0n) is 15.5. The number of rotatable bonds is 2. The molecular formula is C20H22N6O. The van der Waals surface area contributed by atoms with Crippen molar-refractivity contribution in [3.8, 4) is 0 Å². The minimum Gasteiger partial charge on any atom is -0.335 e. The maximum Gasteiger partial charge on any atom is 0.293 e. The number of amides is 1. The van der Waals surface area contributed by atoms with Gasteiger partial charge in [0.2, 0.25) is 5.82 Å². The van der Waals surface area contributed by atoms with Crippen LogP contribution in [0.4, 0.5) is 0 Å². The number of carbonyl (C=O) groups is 1. The zero-order chi connectivity index (χ0) is 18.5. The van der Waals surface area contributed by atoms with E-state index >= 15 is 0 Å². The van der Waals surface area contributed by atoms with Crippen molar-refractivity contribution in [2.75, 3.05) is 26.7 Å². The Kier molecular flexibility index (Phi) is 3.72. The predicted molar refractivity (Wildman–Crippen MR) is 100 cm³/mol. The number of aryl methyl sites for hydroxylation is 1.